The maximum Gasteiger partial charge on any atom is 0.119 e. The van der Waals surface area contributed by atoms with Crippen LogP contribution in [0.15, 0.2) is 24.3 Å². The topological polar surface area (TPSA) is 15.7 Å². The van der Waals surface area contributed by atoms with Gasteiger partial charge in [0.05, 0.1) is 0 Å². The van der Waals surface area contributed by atoms with E-state index in [-0.39, 0.29) is 24.8 Å². The van der Waals surface area contributed by atoms with Crippen LogP contribution in [-0.2, 0) is 6.42 Å². The molecule has 0 radical (unpaired) electrons. The molecule has 130 valence electrons. The Kier molecular flexibility index (Phi) is 14.1. The number of likely N-dealkylation sites (N-methyl/N-ethyl adjacent to an activating group) is 2. The van der Waals surface area contributed by atoms with Gasteiger partial charge in [-0.15, -0.1) is 24.8 Å². The predicted octanol–water partition coefficient (Wildman–Crippen LogP) is 3.74. The van der Waals surface area contributed by atoms with E-state index in [1.807, 2.05) is 0 Å². The van der Waals surface area contributed by atoms with Gasteiger partial charge in [-0.1, -0.05) is 26.0 Å². The highest BCUT2D eigenvalue weighted by Crippen LogP contribution is 2.14. The Morgan fingerprint density at radius 2 is 1.55 bits per heavy atom. The number of ether oxygens (including phenoxy) is 1. The van der Waals surface area contributed by atoms with Gasteiger partial charge in [0.1, 0.15) is 12.4 Å². The first-order valence-electron chi connectivity index (χ1n) is 7.67. The van der Waals surface area contributed by atoms with Crippen molar-refractivity contribution in [2.45, 2.75) is 33.2 Å². The largest absolute Gasteiger partial charge is 0.492 e. The molecule has 0 aliphatic rings. The molecule has 0 fully saturated rings. The summed E-state index contributed by atoms with van der Waals surface area (Å²) < 4.78 is 5.80. The number of benzene rings is 1. The van der Waals surface area contributed by atoms with Crippen LogP contribution in [-0.4, -0.2) is 56.2 Å². The van der Waals surface area contributed by atoms with Crippen molar-refractivity contribution in [1.29, 1.82) is 0 Å². The van der Waals surface area contributed by atoms with Gasteiger partial charge in [0.25, 0.3) is 0 Å². The standard InChI is InChI=1S/C17H30N2O.2ClH/c1-6-19(7-2)12-13-20-17-10-8-16(9-11-17)14-15(3)18(4)5;;/h8-11,15H,6-7,12-14H2,1-5H3;2*1H. The first kappa shape index (κ1) is 23.8. The van der Waals surface area contributed by atoms with Crippen molar-refractivity contribution in [3.8, 4) is 5.75 Å². The molecule has 3 nitrogen and oxygen atoms in total. The van der Waals surface area contributed by atoms with E-state index in [4.69, 9.17) is 4.74 Å². The summed E-state index contributed by atoms with van der Waals surface area (Å²) in [6.07, 6.45) is 1.08. The van der Waals surface area contributed by atoms with Crippen LogP contribution in [0.4, 0.5) is 0 Å². The molecule has 0 bridgehead atoms. The van der Waals surface area contributed by atoms with Crippen molar-refractivity contribution in [2.75, 3.05) is 40.3 Å². The van der Waals surface area contributed by atoms with Crippen LogP contribution in [0.25, 0.3) is 0 Å². The lowest BCUT2D eigenvalue weighted by Gasteiger charge is -2.20. The Labute approximate surface area is 148 Å². The van der Waals surface area contributed by atoms with Crippen molar-refractivity contribution in [3.05, 3.63) is 29.8 Å². The maximum absolute atomic E-state index is 5.80. The van der Waals surface area contributed by atoms with Crippen LogP contribution < -0.4 is 4.74 Å². The lowest BCUT2D eigenvalue weighted by atomic mass is 10.1. The molecule has 5 heteroatoms. The van der Waals surface area contributed by atoms with Gasteiger partial charge in [-0.2, -0.15) is 0 Å². The molecule has 1 rings (SSSR count). The highest BCUT2D eigenvalue weighted by Gasteiger charge is 2.06. The minimum absolute atomic E-state index is 0. The van der Waals surface area contributed by atoms with Gasteiger partial charge in [-0.3, -0.25) is 0 Å². The molecule has 0 spiro atoms. The summed E-state index contributed by atoms with van der Waals surface area (Å²) in [6.45, 7) is 10.5. The van der Waals surface area contributed by atoms with Crippen LogP contribution in [0.2, 0.25) is 0 Å². The number of hydrogen-bond acceptors (Lipinski definition) is 3. The Balaban J connectivity index is 0. The molecule has 0 aromatic heterocycles. The second kappa shape index (κ2) is 13.0. The van der Waals surface area contributed by atoms with Crippen molar-refractivity contribution in [2.24, 2.45) is 0 Å². The first-order chi connectivity index (χ1) is 9.56. The zero-order chi connectivity index (χ0) is 15.0. The highest BCUT2D eigenvalue weighted by molar-refractivity contribution is 5.85. The van der Waals surface area contributed by atoms with Gasteiger partial charge >= 0.3 is 0 Å². The summed E-state index contributed by atoms with van der Waals surface area (Å²) in [5.74, 6) is 0.971. The fraction of sp³-hybridized carbons (Fsp3) is 0.647. The van der Waals surface area contributed by atoms with E-state index >= 15 is 0 Å². The first-order valence-corrected chi connectivity index (χ1v) is 7.67. The van der Waals surface area contributed by atoms with E-state index in [9.17, 15) is 0 Å². The fourth-order valence-corrected chi connectivity index (χ4v) is 2.08. The predicted molar refractivity (Wildman–Crippen MR) is 101 cm³/mol. The van der Waals surface area contributed by atoms with Crippen LogP contribution in [0.5, 0.6) is 5.75 Å². The van der Waals surface area contributed by atoms with E-state index in [2.05, 4.69) is 68.9 Å². The number of hydrogen-bond donors (Lipinski definition) is 0. The Hall–Kier alpha value is -0.480. The van der Waals surface area contributed by atoms with Crippen LogP contribution in [0, 0.1) is 0 Å². The minimum Gasteiger partial charge on any atom is -0.492 e. The smallest absolute Gasteiger partial charge is 0.119 e. The minimum atomic E-state index is 0. The van der Waals surface area contributed by atoms with E-state index in [0.717, 1.165) is 38.4 Å². The molecule has 0 aliphatic heterocycles. The van der Waals surface area contributed by atoms with E-state index in [1.54, 1.807) is 0 Å². The molecule has 22 heavy (non-hydrogen) atoms. The van der Waals surface area contributed by atoms with Gasteiger partial charge in [0.2, 0.25) is 0 Å². The van der Waals surface area contributed by atoms with Crippen LogP contribution in [0.3, 0.4) is 0 Å². The zero-order valence-electron chi connectivity index (χ0n) is 14.5. The summed E-state index contributed by atoms with van der Waals surface area (Å²) in [7, 11) is 4.24. The van der Waals surface area contributed by atoms with E-state index < -0.39 is 0 Å². The third-order valence-electron chi connectivity index (χ3n) is 3.91. The lowest BCUT2D eigenvalue weighted by molar-refractivity contribution is 0.223. The van der Waals surface area contributed by atoms with E-state index in [0.29, 0.717) is 6.04 Å². The quantitative estimate of drug-likeness (QED) is 0.674. The number of nitrogens with zero attached hydrogens (tertiary/aromatic N) is 2. The average Bonchev–Trinajstić information content (AvgIpc) is 2.45. The molecule has 1 atom stereocenters. The molecule has 0 heterocycles. The van der Waals surface area contributed by atoms with Crippen LogP contribution in [0.1, 0.15) is 26.3 Å². The molecule has 0 aliphatic carbocycles. The van der Waals surface area contributed by atoms with Crippen molar-refractivity contribution in [3.63, 3.8) is 0 Å². The van der Waals surface area contributed by atoms with Gasteiger partial charge in [0.15, 0.2) is 0 Å². The zero-order valence-corrected chi connectivity index (χ0v) is 16.2. The van der Waals surface area contributed by atoms with Gasteiger partial charge < -0.3 is 14.5 Å². The lowest BCUT2D eigenvalue weighted by Crippen LogP contribution is -2.28. The number of rotatable bonds is 9. The van der Waals surface area contributed by atoms with E-state index in [1.165, 1.54) is 5.56 Å². The Morgan fingerprint density at radius 3 is 2.00 bits per heavy atom. The molecule has 0 amide bonds. The summed E-state index contributed by atoms with van der Waals surface area (Å²) in [6, 6.07) is 9.07. The molecular weight excluding hydrogens is 319 g/mol. The summed E-state index contributed by atoms with van der Waals surface area (Å²) in [5, 5.41) is 0. The average molecular weight is 351 g/mol. The van der Waals surface area contributed by atoms with Gasteiger partial charge in [-0.05, 0) is 58.2 Å². The van der Waals surface area contributed by atoms with Crippen molar-refractivity contribution < 1.29 is 4.74 Å². The summed E-state index contributed by atoms with van der Waals surface area (Å²) >= 11 is 0. The molecule has 1 aromatic carbocycles. The van der Waals surface area contributed by atoms with Crippen molar-refractivity contribution >= 4 is 24.8 Å². The monoisotopic (exact) mass is 350 g/mol. The van der Waals surface area contributed by atoms with Crippen LogP contribution >= 0.6 is 24.8 Å². The Morgan fingerprint density at radius 1 is 1.00 bits per heavy atom. The summed E-state index contributed by atoms with van der Waals surface area (Å²) in [5.41, 5.74) is 1.36. The molecule has 0 saturated carbocycles. The molecule has 0 saturated heterocycles. The second-order valence-electron chi connectivity index (χ2n) is 5.54. The molecule has 1 aromatic rings. The van der Waals surface area contributed by atoms with Crippen molar-refractivity contribution in [1.82, 2.24) is 9.80 Å². The normalized spacial score (nSPS) is 11.8. The summed E-state index contributed by atoms with van der Waals surface area (Å²) in [4.78, 5) is 4.61. The SMILES string of the molecule is CCN(CC)CCOc1ccc(CC(C)N(C)C)cc1.Cl.Cl. The number of halogens is 2. The third kappa shape index (κ3) is 8.84. The molecular formula is C17H32Cl2N2O. The fourth-order valence-electron chi connectivity index (χ4n) is 2.08. The highest BCUT2D eigenvalue weighted by atomic mass is 35.5. The van der Waals surface area contributed by atoms with Gasteiger partial charge in [-0.25, -0.2) is 0 Å². The molecule has 1 unspecified atom stereocenters. The Bertz CT molecular complexity index is 367. The third-order valence-corrected chi connectivity index (χ3v) is 3.91. The maximum atomic E-state index is 5.80. The van der Waals surface area contributed by atoms with Gasteiger partial charge in [0, 0.05) is 12.6 Å². The second-order valence-corrected chi connectivity index (χ2v) is 5.54. The molecule has 0 N–H and O–H groups in total.